The molecule has 1 aliphatic heterocycles. The van der Waals surface area contributed by atoms with E-state index in [9.17, 15) is 28.3 Å². The zero-order chi connectivity index (χ0) is 31.5. The minimum atomic E-state index is -4.98. The van der Waals surface area contributed by atoms with Crippen molar-refractivity contribution in [2.75, 3.05) is 33.9 Å². The Morgan fingerprint density at radius 3 is 2.25 bits per heavy atom. The maximum atomic E-state index is 14.8. The summed E-state index contributed by atoms with van der Waals surface area (Å²) >= 11 is 0. The Hall–Kier alpha value is -4.53. The van der Waals surface area contributed by atoms with Crippen LogP contribution in [0, 0.1) is 11.3 Å². The first kappa shape index (κ1) is 30.9. The lowest BCUT2D eigenvalue weighted by molar-refractivity contribution is -0.272. The smallest absolute Gasteiger partial charge is 0.422 e. The zero-order valence-corrected chi connectivity index (χ0v) is 24.3. The number of rotatable bonds is 10. The molecule has 1 saturated heterocycles. The molecular weight excluding hydrogens is 575 g/mol. The zero-order valence-electron chi connectivity index (χ0n) is 24.3. The van der Waals surface area contributed by atoms with Crippen molar-refractivity contribution in [3.8, 4) is 23.3 Å². The molecule has 0 aliphatic carbocycles. The molecule has 0 radical (unpaired) electrons. The third kappa shape index (κ3) is 6.09. The van der Waals surface area contributed by atoms with Crippen LogP contribution in [-0.4, -0.2) is 67.0 Å². The number of nitrogens with zero attached hydrogens (tertiary/aromatic N) is 3. The number of piperidine rings is 1. The fourth-order valence-electron chi connectivity index (χ4n) is 5.69. The van der Waals surface area contributed by atoms with Gasteiger partial charge in [-0.05, 0) is 42.7 Å². The first-order chi connectivity index (χ1) is 21.1. The number of aromatic nitrogens is 1. The van der Waals surface area contributed by atoms with E-state index >= 15 is 0 Å². The summed E-state index contributed by atoms with van der Waals surface area (Å²) in [5.41, 5.74) is -1.48. The van der Waals surface area contributed by atoms with Crippen LogP contribution in [0.15, 0.2) is 66.9 Å². The van der Waals surface area contributed by atoms with Crippen LogP contribution < -0.4 is 14.2 Å². The summed E-state index contributed by atoms with van der Waals surface area (Å²) in [6.07, 6.45) is -2.55. The van der Waals surface area contributed by atoms with Crippen LogP contribution in [0.4, 0.5) is 13.2 Å². The lowest BCUT2D eigenvalue weighted by atomic mass is 9.90. The maximum absolute atomic E-state index is 14.8. The number of fused-ring (bicyclic) bond motifs is 1. The highest BCUT2D eigenvalue weighted by atomic mass is 19.4. The number of carbonyl (C=O) groups excluding carboxylic acids is 1. The number of hydrogen-bond acceptors (Lipinski definition) is 7. The standard InChI is InChI=1S/C33H32F3N3O5/c1-42-29-15-24(20-40)16-30(43-2)31(29)44-25-10-12-38(13-11-25)21-32(41,33(34,35)36)27-19-39(18-22-6-4-3-5-7-22)28-14-23(17-37)8-9-26(27)28/h3-9,14-16,19-20,25,41H,10-13,18,21H2,1-2H3. The summed E-state index contributed by atoms with van der Waals surface area (Å²) in [5, 5.41) is 21.2. The number of nitriles is 1. The molecule has 230 valence electrons. The van der Waals surface area contributed by atoms with E-state index in [1.54, 1.807) is 15.5 Å². The van der Waals surface area contributed by atoms with Gasteiger partial charge in [-0.2, -0.15) is 18.4 Å². The highest BCUT2D eigenvalue weighted by molar-refractivity contribution is 5.86. The largest absolute Gasteiger partial charge is 0.493 e. The van der Waals surface area contributed by atoms with E-state index in [-0.39, 0.29) is 36.7 Å². The number of alkyl halides is 3. The average molecular weight is 608 g/mol. The Bertz CT molecular complexity index is 1650. The monoisotopic (exact) mass is 607 g/mol. The molecule has 1 fully saturated rings. The van der Waals surface area contributed by atoms with E-state index in [0.29, 0.717) is 53.0 Å². The van der Waals surface area contributed by atoms with Crippen LogP contribution in [-0.2, 0) is 12.1 Å². The molecule has 0 amide bonds. The molecule has 0 spiro atoms. The average Bonchev–Trinajstić information content (AvgIpc) is 3.39. The molecule has 1 atom stereocenters. The van der Waals surface area contributed by atoms with E-state index < -0.39 is 18.3 Å². The van der Waals surface area contributed by atoms with Crippen molar-refractivity contribution in [3.05, 3.63) is 89.1 Å². The Kier molecular flexibility index (Phi) is 8.85. The molecule has 0 bridgehead atoms. The number of halogens is 3. The van der Waals surface area contributed by atoms with E-state index in [2.05, 4.69) is 0 Å². The molecule has 1 aromatic heterocycles. The van der Waals surface area contributed by atoms with Crippen molar-refractivity contribution in [1.29, 1.82) is 5.26 Å². The summed E-state index contributed by atoms with van der Waals surface area (Å²) < 4.78 is 63.1. The third-order valence-corrected chi connectivity index (χ3v) is 8.01. The van der Waals surface area contributed by atoms with Crippen LogP contribution in [0.2, 0.25) is 0 Å². The van der Waals surface area contributed by atoms with E-state index in [4.69, 9.17) is 14.2 Å². The Labute approximate surface area is 252 Å². The summed E-state index contributed by atoms with van der Waals surface area (Å²) in [7, 11) is 2.88. The summed E-state index contributed by atoms with van der Waals surface area (Å²) in [6.45, 7) is 0.0701. The number of hydrogen-bond donors (Lipinski definition) is 1. The number of likely N-dealkylation sites (tertiary alicyclic amines) is 1. The fourth-order valence-corrected chi connectivity index (χ4v) is 5.69. The van der Waals surface area contributed by atoms with Gasteiger partial charge < -0.3 is 23.9 Å². The van der Waals surface area contributed by atoms with Gasteiger partial charge in [-0.25, -0.2) is 0 Å². The Morgan fingerprint density at radius 1 is 1.02 bits per heavy atom. The second kappa shape index (κ2) is 12.6. The highest BCUT2D eigenvalue weighted by Crippen LogP contribution is 2.44. The van der Waals surface area contributed by atoms with Crippen molar-refractivity contribution in [2.45, 2.75) is 37.3 Å². The lowest BCUT2D eigenvalue weighted by Gasteiger charge is -2.39. The lowest BCUT2D eigenvalue weighted by Crippen LogP contribution is -2.53. The van der Waals surface area contributed by atoms with Gasteiger partial charge in [-0.3, -0.25) is 9.69 Å². The summed E-state index contributed by atoms with van der Waals surface area (Å²) in [4.78, 5) is 12.9. The van der Waals surface area contributed by atoms with Gasteiger partial charge in [0.05, 0.1) is 31.4 Å². The second-order valence-corrected chi connectivity index (χ2v) is 10.8. The molecule has 11 heteroatoms. The van der Waals surface area contributed by atoms with E-state index in [0.717, 1.165) is 5.56 Å². The number of aliphatic hydroxyl groups is 1. The summed E-state index contributed by atoms with van der Waals surface area (Å²) in [6, 6.07) is 18.8. The van der Waals surface area contributed by atoms with E-state index in [1.807, 2.05) is 36.4 Å². The van der Waals surface area contributed by atoms with Gasteiger partial charge >= 0.3 is 6.18 Å². The topological polar surface area (TPSA) is 96.9 Å². The molecule has 5 rings (SSSR count). The van der Waals surface area contributed by atoms with Crippen LogP contribution in [0.3, 0.4) is 0 Å². The van der Waals surface area contributed by atoms with Crippen molar-refractivity contribution < 1.29 is 37.3 Å². The second-order valence-electron chi connectivity index (χ2n) is 10.8. The van der Waals surface area contributed by atoms with Crippen LogP contribution in [0.25, 0.3) is 10.9 Å². The van der Waals surface area contributed by atoms with Crippen LogP contribution in [0.5, 0.6) is 17.2 Å². The number of methoxy groups -OCH3 is 2. The molecule has 4 aromatic rings. The predicted octanol–water partition coefficient (Wildman–Crippen LogP) is 5.68. The van der Waals surface area contributed by atoms with Crippen LogP contribution in [0.1, 0.15) is 39.9 Å². The normalized spacial score (nSPS) is 15.8. The van der Waals surface area contributed by atoms with E-state index in [1.165, 1.54) is 44.7 Å². The first-order valence-corrected chi connectivity index (χ1v) is 14.1. The number of carbonyl (C=O) groups is 1. The number of ether oxygens (including phenoxy) is 3. The molecule has 1 N–H and O–H groups in total. The summed E-state index contributed by atoms with van der Waals surface area (Å²) in [5.74, 6) is 0.937. The van der Waals surface area contributed by atoms with Crippen molar-refractivity contribution in [1.82, 2.24) is 9.47 Å². The van der Waals surface area contributed by atoms with Gasteiger partial charge in [0.15, 0.2) is 11.5 Å². The molecule has 2 heterocycles. The minimum Gasteiger partial charge on any atom is -0.493 e. The Morgan fingerprint density at radius 2 is 1.68 bits per heavy atom. The molecule has 1 aliphatic rings. The number of benzene rings is 3. The van der Waals surface area contributed by atoms with Crippen molar-refractivity contribution >= 4 is 17.2 Å². The minimum absolute atomic E-state index is 0.232. The third-order valence-electron chi connectivity index (χ3n) is 8.01. The first-order valence-electron chi connectivity index (χ1n) is 14.1. The van der Waals surface area contributed by atoms with Gasteiger partial charge in [0.1, 0.15) is 12.4 Å². The quantitative estimate of drug-likeness (QED) is 0.232. The Balaban J connectivity index is 1.40. The van der Waals surface area contributed by atoms with Gasteiger partial charge in [-0.1, -0.05) is 36.4 Å². The number of aldehydes is 1. The highest BCUT2D eigenvalue weighted by Gasteiger charge is 2.57. The van der Waals surface area contributed by atoms with Gasteiger partial charge in [0, 0.05) is 48.9 Å². The SMILES string of the molecule is COc1cc(C=O)cc(OC)c1OC1CCN(CC(O)(c2cn(Cc3ccccc3)c3cc(C#N)ccc23)C(F)(F)F)CC1. The molecule has 1 unspecified atom stereocenters. The van der Waals surface area contributed by atoms with Gasteiger partial charge in [0.25, 0.3) is 0 Å². The number of β-amino-alcohol motifs (C(OH)–C–C–N with tert-alkyl or cyclic N) is 1. The molecule has 44 heavy (non-hydrogen) atoms. The fraction of sp³-hybridized carbons (Fsp3) is 0.333. The van der Waals surface area contributed by atoms with Crippen molar-refractivity contribution in [2.24, 2.45) is 0 Å². The molecule has 3 aromatic carbocycles. The maximum Gasteiger partial charge on any atom is 0.422 e. The van der Waals surface area contributed by atoms with Crippen LogP contribution >= 0.6 is 0 Å². The molecular formula is C33H32F3N3O5. The predicted molar refractivity (Wildman–Crippen MR) is 157 cm³/mol. The van der Waals surface area contributed by atoms with Gasteiger partial charge in [0.2, 0.25) is 11.4 Å². The van der Waals surface area contributed by atoms with Gasteiger partial charge in [-0.15, -0.1) is 0 Å². The van der Waals surface area contributed by atoms with Crippen molar-refractivity contribution in [3.63, 3.8) is 0 Å². The molecule has 0 saturated carbocycles. The molecule has 8 nitrogen and oxygen atoms in total.